The minimum atomic E-state index is 0.756. The Bertz CT molecular complexity index is 774. The van der Waals surface area contributed by atoms with Crippen molar-refractivity contribution in [2.75, 3.05) is 23.3 Å². The standard InChI is InChI=1S/C22H27N3S/c1-16-6-7-21(25-13-10-17-4-2-3-5-19(17)15-25)20(14-16)24-22(26)18-8-11-23-12-9-18/h6-9,11-12,14,17,19H,2-5,10,13,15H2,1H3,(H,24,26)/t17?,19-/m1/s1. The molecule has 4 rings (SSSR count). The summed E-state index contributed by atoms with van der Waals surface area (Å²) in [5.41, 5.74) is 4.67. The number of hydrogen-bond donors (Lipinski definition) is 1. The average Bonchev–Trinajstić information content (AvgIpc) is 2.68. The molecule has 2 aromatic rings. The fourth-order valence-electron chi connectivity index (χ4n) is 4.54. The van der Waals surface area contributed by atoms with Crippen molar-refractivity contribution in [2.45, 2.75) is 39.0 Å². The summed E-state index contributed by atoms with van der Waals surface area (Å²) >= 11 is 5.64. The predicted octanol–water partition coefficient (Wildman–Crippen LogP) is 5.19. The monoisotopic (exact) mass is 365 g/mol. The van der Waals surface area contributed by atoms with Gasteiger partial charge >= 0.3 is 0 Å². The highest BCUT2D eigenvalue weighted by Crippen LogP contribution is 2.39. The van der Waals surface area contributed by atoms with Gasteiger partial charge in [0.2, 0.25) is 0 Å². The molecule has 1 aliphatic heterocycles. The molecule has 2 fully saturated rings. The number of nitrogens with zero attached hydrogens (tertiary/aromatic N) is 2. The number of benzene rings is 1. The third kappa shape index (κ3) is 3.75. The number of aryl methyl sites for hydroxylation is 1. The van der Waals surface area contributed by atoms with E-state index in [4.69, 9.17) is 12.2 Å². The summed E-state index contributed by atoms with van der Waals surface area (Å²) in [6.07, 6.45) is 10.6. The van der Waals surface area contributed by atoms with Crippen LogP contribution in [0.5, 0.6) is 0 Å². The van der Waals surface area contributed by atoms with Crippen molar-refractivity contribution in [3.05, 3.63) is 53.9 Å². The Morgan fingerprint density at radius 3 is 2.65 bits per heavy atom. The molecule has 2 aliphatic rings. The first kappa shape index (κ1) is 17.5. The molecule has 1 unspecified atom stereocenters. The summed E-state index contributed by atoms with van der Waals surface area (Å²) in [7, 11) is 0. The SMILES string of the molecule is Cc1ccc(N2CCC3CCCC[C@@H]3C2)c(NC(=S)c2ccncc2)c1. The molecule has 3 nitrogen and oxygen atoms in total. The quantitative estimate of drug-likeness (QED) is 0.757. The number of fused-ring (bicyclic) bond motifs is 1. The smallest absolute Gasteiger partial charge is 0.111 e. The van der Waals surface area contributed by atoms with Gasteiger partial charge in [-0.25, -0.2) is 0 Å². The lowest BCUT2D eigenvalue weighted by molar-refractivity contribution is 0.202. The van der Waals surface area contributed by atoms with E-state index in [2.05, 4.69) is 40.3 Å². The van der Waals surface area contributed by atoms with Gasteiger partial charge in [-0.3, -0.25) is 4.98 Å². The number of aromatic nitrogens is 1. The molecule has 4 heteroatoms. The van der Waals surface area contributed by atoms with Crippen molar-refractivity contribution in [1.82, 2.24) is 4.98 Å². The number of rotatable bonds is 3. The van der Waals surface area contributed by atoms with E-state index < -0.39 is 0 Å². The summed E-state index contributed by atoms with van der Waals surface area (Å²) in [4.78, 5) is 7.41. The first-order valence-corrected chi connectivity index (χ1v) is 10.2. The predicted molar refractivity (Wildman–Crippen MR) is 113 cm³/mol. The van der Waals surface area contributed by atoms with Crippen LogP contribution < -0.4 is 10.2 Å². The Hall–Kier alpha value is -1.94. The molecule has 1 N–H and O–H groups in total. The van der Waals surface area contributed by atoms with Gasteiger partial charge in [0.05, 0.1) is 11.4 Å². The van der Waals surface area contributed by atoms with Crippen molar-refractivity contribution in [3.63, 3.8) is 0 Å². The van der Waals surface area contributed by atoms with E-state index in [9.17, 15) is 0 Å². The molecule has 0 spiro atoms. The van der Waals surface area contributed by atoms with Crippen LogP contribution in [0.3, 0.4) is 0 Å². The van der Waals surface area contributed by atoms with Crippen molar-refractivity contribution >= 4 is 28.6 Å². The van der Waals surface area contributed by atoms with Gasteiger partial charge in [0, 0.05) is 31.0 Å². The van der Waals surface area contributed by atoms with Gasteiger partial charge in [-0.2, -0.15) is 0 Å². The van der Waals surface area contributed by atoms with Gasteiger partial charge in [0.1, 0.15) is 4.99 Å². The number of piperidine rings is 1. The van der Waals surface area contributed by atoms with E-state index >= 15 is 0 Å². The second-order valence-corrected chi connectivity index (χ2v) is 8.16. The third-order valence-electron chi connectivity index (χ3n) is 5.97. The van der Waals surface area contributed by atoms with Crippen LogP contribution in [0, 0.1) is 18.8 Å². The van der Waals surface area contributed by atoms with Crippen LogP contribution in [-0.4, -0.2) is 23.1 Å². The fraction of sp³-hybridized carbons (Fsp3) is 0.455. The van der Waals surface area contributed by atoms with Crippen molar-refractivity contribution in [3.8, 4) is 0 Å². The topological polar surface area (TPSA) is 28.2 Å². The van der Waals surface area contributed by atoms with Crippen molar-refractivity contribution in [2.24, 2.45) is 11.8 Å². The summed E-state index contributed by atoms with van der Waals surface area (Å²) in [6.45, 7) is 4.48. The van der Waals surface area contributed by atoms with Crippen molar-refractivity contribution < 1.29 is 0 Å². The zero-order chi connectivity index (χ0) is 17.9. The van der Waals surface area contributed by atoms with E-state index in [1.165, 1.54) is 49.9 Å². The Balaban J connectivity index is 1.56. The molecule has 136 valence electrons. The largest absolute Gasteiger partial charge is 0.370 e. The Morgan fingerprint density at radius 1 is 1.08 bits per heavy atom. The molecule has 1 aromatic carbocycles. The Kier molecular flexibility index (Phi) is 5.21. The molecular weight excluding hydrogens is 338 g/mol. The number of thiocarbonyl (C=S) groups is 1. The Morgan fingerprint density at radius 2 is 1.85 bits per heavy atom. The molecule has 1 saturated heterocycles. The Labute approximate surface area is 161 Å². The number of pyridine rings is 1. The molecular formula is C22H27N3S. The molecule has 1 aliphatic carbocycles. The second kappa shape index (κ2) is 7.75. The number of anilines is 2. The maximum Gasteiger partial charge on any atom is 0.111 e. The molecule has 0 radical (unpaired) electrons. The summed E-state index contributed by atoms with van der Waals surface area (Å²) in [6, 6.07) is 10.6. The summed E-state index contributed by atoms with van der Waals surface area (Å²) in [5, 5.41) is 3.50. The lowest BCUT2D eigenvalue weighted by Crippen LogP contribution is -2.42. The summed E-state index contributed by atoms with van der Waals surface area (Å²) < 4.78 is 0. The number of hydrogen-bond acceptors (Lipinski definition) is 3. The summed E-state index contributed by atoms with van der Waals surface area (Å²) in [5.74, 6) is 1.80. The van der Waals surface area contributed by atoms with E-state index in [-0.39, 0.29) is 0 Å². The first-order chi connectivity index (χ1) is 12.7. The molecule has 1 saturated carbocycles. The van der Waals surface area contributed by atoms with Gasteiger partial charge in [0.25, 0.3) is 0 Å². The molecule has 2 atom stereocenters. The molecule has 26 heavy (non-hydrogen) atoms. The van der Waals surface area contributed by atoms with E-state index in [1.807, 2.05) is 12.1 Å². The lowest BCUT2D eigenvalue weighted by atomic mass is 9.75. The van der Waals surface area contributed by atoms with Crippen LogP contribution in [0.15, 0.2) is 42.7 Å². The fourth-order valence-corrected chi connectivity index (χ4v) is 4.79. The zero-order valence-corrected chi connectivity index (χ0v) is 16.3. The zero-order valence-electron chi connectivity index (χ0n) is 15.4. The molecule has 2 heterocycles. The van der Waals surface area contributed by atoms with E-state index in [0.29, 0.717) is 0 Å². The molecule has 0 amide bonds. The van der Waals surface area contributed by atoms with Crippen LogP contribution in [0.25, 0.3) is 0 Å². The minimum absolute atomic E-state index is 0.756. The highest BCUT2D eigenvalue weighted by Gasteiger charge is 2.31. The van der Waals surface area contributed by atoms with Crippen LogP contribution in [0.4, 0.5) is 11.4 Å². The number of nitrogens with one attached hydrogen (secondary N) is 1. The molecule has 0 bridgehead atoms. The van der Waals surface area contributed by atoms with E-state index in [1.54, 1.807) is 12.4 Å². The maximum absolute atomic E-state index is 5.64. The van der Waals surface area contributed by atoms with Crippen LogP contribution in [-0.2, 0) is 0 Å². The molecule has 1 aromatic heterocycles. The van der Waals surface area contributed by atoms with Gasteiger partial charge in [0.15, 0.2) is 0 Å². The van der Waals surface area contributed by atoms with Gasteiger partial charge in [-0.1, -0.05) is 37.5 Å². The van der Waals surface area contributed by atoms with E-state index in [0.717, 1.165) is 34.6 Å². The van der Waals surface area contributed by atoms with Gasteiger partial charge < -0.3 is 10.2 Å². The highest BCUT2D eigenvalue weighted by molar-refractivity contribution is 7.81. The normalized spacial score (nSPS) is 22.6. The minimum Gasteiger partial charge on any atom is -0.370 e. The van der Waals surface area contributed by atoms with Gasteiger partial charge in [-0.05, 0) is 61.4 Å². The van der Waals surface area contributed by atoms with Crippen molar-refractivity contribution in [1.29, 1.82) is 0 Å². The maximum atomic E-state index is 5.64. The van der Waals surface area contributed by atoms with Gasteiger partial charge in [-0.15, -0.1) is 0 Å². The average molecular weight is 366 g/mol. The van der Waals surface area contributed by atoms with Crippen LogP contribution in [0.2, 0.25) is 0 Å². The van der Waals surface area contributed by atoms with Crippen LogP contribution in [0.1, 0.15) is 43.2 Å². The lowest BCUT2D eigenvalue weighted by Gasteiger charge is -2.43. The van der Waals surface area contributed by atoms with Crippen LogP contribution >= 0.6 is 12.2 Å². The highest BCUT2D eigenvalue weighted by atomic mass is 32.1. The second-order valence-electron chi connectivity index (χ2n) is 7.75. The third-order valence-corrected chi connectivity index (χ3v) is 6.31. The first-order valence-electron chi connectivity index (χ1n) is 9.77.